The Morgan fingerprint density at radius 3 is 2.29 bits per heavy atom. The number of ketones is 1. The van der Waals surface area contributed by atoms with E-state index in [0.29, 0.717) is 11.3 Å². The fourth-order valence-electron chi connectivity index (χ4n) is 3.37. The number of carbonyl (C=O) groups is 1. The Kier molecular flexibility index (Phi) is 4.54. The molecule has 0 fully saturated rings. The number of anilines is 1. The van der Waals surface area contributed by atoms with Gasteiger partial charge in [0.25, 0.3) is 0 Å². The molecule has 0 bridgehead atoms. The van der Waals surface area contributed by atoms with E-state index in [9.17, 15) is 4.79 Å². The van der Waals surface area contributed by atoms with Crippen LogP contribution in [0.1, 0.15) is 39.5 Å². The van der Waals surface area contributed by atoms with Gasteiger partial charge in [-0.3, -0.25) is 4.79 Å². The van der Waals surface area contributed by atoms with Crippen LogP contribution in [-0.4, -0.2) is 5.78 Å². The Labute approximate surface area is 147 Å². The average molecular weight is 335 g/mol. The summed E-state index contributed by atoms with van der Waals surface area (Å²) in [6.45, 7) is 5.69. The molecule has 3 heteroatoms. The van der Waals surface area contributed by atoms with Crippen LogP contribution < -0.4 is 5.73 Å². The number of benzene rings is 2. The number of Topliss-reactive ketones (excluding diaryl/α,β-unsaturated/α-hetero) is 1. The van der Waals surface area contributed by atoms with Gasteiger partial charge in [0.15, 0.2) is 5.78 Å². The highest BCUT2D eigenvalue weighted by Crippen LogP contribution is 2.44. The molecule has 1 aliphatic rings. The van der Waals surface area contributed by atoms with E-state index in [-0.39, 0.29) is 5.78 Å². The molecule has 0 radical (unpaired) electrons. The first-order valence-corrected chi connectivity index (χ1v) is 8.94. The van der Waals surface area contributed by atoms with Crippen LogP contribution in [0.2, 0.25) is 0 Å². The summed E-state index contributed by atoms with van der Waals surface area (Å²) in [6, 6.07) is 12.4. The van der Waals surface area contributed by atoms with Crippen molar-refractivity contribution >= 4 is 22.8 Å². The number of nitrogens with two attached hydrogens (primary N) is 1. The minimum atomic E-state index is 0.0599. The van der Waals surface area contributed by atoms with Crippen LogP contribution in [0.25, 0.3) is 11.1 Å². The normalized spacial score (nSPS) is 11.3. The highest BCUT2D eigenvalue weighted by molar-refractivity contribution is 7.07. The van der Waals surface area contributed by atoms with Crippen molar-refractivity contribution in [1.29, 1.82) is 0 Å². The molecule has 1 aromatic heterocycles. The zero-order chi connectivity index (χ0) is 17.3. The van der Waals surface area contributed by atoms with E-state index in [1.165, 1.54) is 22.3 Å². The minimum absolute atomic E-state index is 0.0599. The molecule has 1 heterocycles. The second-order valence-corrected chi connectivity index (χ2v) is 6.89. The van der Waals surface area contributed by atoms with Crippen molar-refractivity contribution in [3.8, 4) is 11.1 Å². The van der Waals surface area contributed by atoms with Crippen LogP contribution in [0, 0.1) is 13.8 Å². The molecule has 1 aliphatic carbocycles. The van der Waals surface area contributed by atoms with Gasteiger partial charge in [-0.2, -0.15) is 11.3 Å². The van der Waals surface area contributed by atoms with Gasteiger partial charge in [0.05, 0.1) is 0 Å². The smallest absolute Gasteiger partial charge is 0.162 e. The van der Waals surface area contributed by atoms with Gasteiger partial charge < -0.3 is 5.73 Å². The fraction of sp³-hybridized carbons (Fsp3) is 0.190. The second kappa shape index (κ2) is 6.62. The van der Waals surface area contributed by atoms with E-state index in [0.717, 1.165) is 17.5 Å². The summed E-state index contributed by atoms with van der Waals surface area (Å²) in [7, 11) is 0. The lowest BCUT2D eigenvalue weighted by Gasteiger charge is -2.16. The van der Waals surface area contributed by atoms with Crippen LogP contribution in [0.15, 0.2) is 47.2 Å². The molecule has 2 nitrogen and oxygen atoms in total. The third-order valence-electron chi connectivity index (χ3n) is 4.65. The summed E-state index contributed by atoms with van der Waals surface area (Å²) in [4.78, 5) is 12.0. The minimum Gasteiger partial charge on any atom is -0.398 e. The molecule has 0 unspecified atom stereocenters. The lowest BCUT2D eigenvalue weighted by molar-refractivity contribution is 0.101. The molecule has 0 amide bonds. The maximum Gasteiger partial charge on any atom is 0.162 e. The molecule has 0 aliphatic heterocycles. The average Bonchev–Trinajstić information content (AvgIpc) is 3.23. The van der Waals surface area contributed by atoms with Crippen molar-refractivity contribution in [3.63, 3.8) is 0 Å². The molecule has 2 aromatic carbocycles. The zero-order valence-electron chi connectivity index (χ0n) is 14.2. The van der Waals surface area contributed by atoms with E-state index < -0.39 is 0 Å². The van der Waals surface area contributed by atoms with Gasteiger partial charge >= 0.3 is 0 Å². The van der Waals surface area contributed by atoms with E-state index in [1.54, 1.807) is 18.3 Å². The van der Waals surface area contributed by atoms with Crippen molar-refractivity contribution < 1.29 is 4.79 Å². The summed E-state index contributed by atoms with van der Waals surface area (Å²) in [5.41, 5.74) is 14.6. The molecule has 0 saturated carbocycles. The standard InChI is InChI=1S/C17H17NO.C4H4S/c1-9-10(2)17(18)16(11(3)19)14-8-12-6-4-5-7-13(12)15(9)14;1-2-4-5-3-1/h4-7H,8,18H2,1-3H3;1-4H. The quantitative estimate of drug-likeness (QED) is 0.373. The van der Waals surface area contributed by atoms with Gasteiger partial charge in [-0.1, -0.05) is 36.4 Å². The molecular weight excluding hydrogens is 314 g/mol. The molecule has 3 aromatic rings. The number of nitrogen functional groups attached to an aromatic ring is 1. The van der Waals surface area contributed by atoms with Crippen molar-refractivity contribution in [2.45, 2.75) is 27.2 Å². The van der Waals surface area contributed by atoms with E-state index in [4.69, 9.17) is 5.73 Å². The number of thiophene rings is 1. The zero-order valence-corrected chi connectivity index (χ0v) is 15.0. The SMILES string of the molecule is CC(=O)c1c(N)c(C)c(C)c2c1Cc1ccccc1-2.c1ccsc1. The summed E-state index contributed by atoms with van der Waals surface area (Å²) in [6.07, 6.45) is 0.811. The largest absolute Gasteiger partial charge is 0.398 e. The first kappa shape index (κ1) is 16.5. The summed E-state index contributed by atoms with van der Waals surface area (Å²) < 4.78 is 0. The second-order valence-electron chi connectivity index (χ2n) is 6.08. The van der Waals surface area contributed by atoms with Gasteiger partial charge in [-0.15, -0.1) is 0 Å². The van der Waals surface area contributed by atoms with Crippen LogP contribution in [0.4, 0.5) is 5.69 Å². The fourth-order valence-corrected chi connectivity index (χ4v) is 3.82. The number of carbonyl (C=O) groups excluding carboxylic acids is 1. The predicted octanol–water partition coefficient (Wildman–Crippen LogP) is 5.41. The topological polar surface area (TPSA) is 43.1 Å². The summed E-state index contributed by atoms with van der Waals surface area (Å²) in [5, 5.41) is 4.08. The Bertz CT molecular complexity index is 877. The van der Waals surface area contributed by atoms with Gasteiger partial charge in [0.2, 0.25) is 0 Å². The molecule has 122 valence electrons. The number of hydrogen-bond donors (Lipinski definition) is 1. The number of rotatable bonds is 1. The number of hydrogen-bond acceptors (Lipinski definition) is 3. The van der Waals surface area contributed by atoms with Gasteiger partial charge in [0, 0.05) is 11.3 Å². The Balaban J connectivity index is 0.000000290. The van der Waals surface area contributed by atoms with Crippen molar-refractivity contribution in [2.24, 2.45) is 0 Å². The molecule has 24 heavy (non-hydrogen) atoms. The first-order chi connectivity index (χ1) is 11.5. The van der Waals surface area contributed by atoms with Crippen molar-refractivity contribution in [2.75, 3.05) is 5.73 Å². The van der Waals surface area contributed by atoms with Gasteiger partial charge in [-0.05, 0) is 71.3 Å². The number of fused-ring (bicyclic) bond motifs is 3. The third-order valence-corrected chi connectivity index (χ3v) is 5.27. The van der Waals surface area contributed by atoms with E-state index in [2.05, 4.69) is 19.1 Å². The Morgan fingerprint density at radius 2 is 1.71 bits per heavy atom. The summed E-state index contributed by atoms with van der Waals surface area (Å²) in [5.74, 6) is 0.0599. The van der Waals surface area contributed by atoms with Crippen molar-refractivity contribution in [3.05, 3.63) is 75.0 Å². The monoisotopic (exact) mass is 335 g/mol. The third kappa shape index (κ3) is 2.76. The lowest BCUT2D eigenvalue weighted by atomic mass is 9.89. The molecular formula is C21H21NOS. The maximum absolute atomic E-state index is 12.0. The maximum atomic E-state index is 12.0. The van der Waals surface area contributed by atoms with E-state index >= 15 is 0 Å². The van der Waals surface area contributed by atoms with Crippen LogP contribution >= 0.6 is 11.3 Å². The predicted molar refractivity (Wildman–Crippen MR) is 103 cm³/mol. The van der Waals surface area contributed by atoms with Crippen LogP contribution in [0.5, 0.6) is 0 Å². The highest BCUT2D eigenvalue weighted by Gasteiger charge is 2.27. The van der Waals surface area contributed by atoms with Crippen LogP contribution in [0.3, 0.4) is 0 Å². The molecule has 0 saturated heterocycles. The molecule has 0 spiro atoms. The van der Waals surface area contributed by atoms with Crippen LogP contribution in [-0.2, 0) is 6.42 Å². The van der Waals surface area contributed by atoms with E-state index in [1.807, 2.05) is 41.9 Å². The molecule has 2 N–H and O–H groups in total. The Morgan fingerprint density at radius 1 is 1.04 bits per heavy atom. The highest BCUT2D eigenvalue weighted by atomic mass is 32.1. The Hall–Kier alpha value is -2.39. The van der Waals surface area contributed by atoms with Gasteiger partial charge in [-0.25, -0.2) is 0 Å². The first-order valence-electron chi connectivity index (χ1n) is 8.00. The molecule has 4 rings (SSSR count). The molecule has 0 atom stereocenters. The lowest BCUT2D eigenvalue weighted by Crippen LogP contribution is -2.08. The summed E-state index contributed by atoms with van der Waals surface area (Å²) >= 11 is 1.71. The van der Waals surface area contributed by atoms with Crippen molar-refractivity contribution in [1.82, 2.24) is 0 Å². The van der Waals surface area contributed by atoms with Gasteiger partial charge in [0.1, 0.15) is 0 Å².